The fourth-order valence-electron chi connectivity index (χ4n) is 8.02. The summed E-state index contributed by atoms with van der Waals surface area (Å²) < 4.78 is 12.9. The van der Waals surface area contributed by atoms with Crippen molar-refractivity contribution in [1.29, 1.82) is 0 Å². The molecule has 310 valence electrons. The van der Waals surface area contributed by atoms with Crippen molar-refractivity contribution in [1.82, 2.24) is 9.88 Å². The van der Waals surface area contributed by atoms with E-state index in [2.05, 4.69) is 25.2 Å². The largest absolute Gasteiger partial charge is 0.515 e. The second kappa shape index (κ2) is 32.7. The van der Waals surface area contributed by atoms with Crippen LogP contribution in [0, 0.1) is 0 Å². The van der Waals surface area contributed by atoms with Crippen molar-refractivity contribution in [3.63, 3.8) is 0 Å². The van der Waals surface area contributed by atoms with Crippen LogP contribution in [-0.2, 0) is 16.6 Å². The molecule has 0 aliphatic rings. The second-order valence-corrected chi connectivity index (χ2v) is 16.1. The van der Waals surface area contributed by atoms with E-state index in [9.17, 15) is 9.59 Å². The van der Waals surface area contributed by atoms with Crippen molar-refractivity contribution in [2.24, 2.45) is 7.05 Å². The minimum Gasteiger partial charge on any atom is -0.434 e. The SMILES string of the molecule is CCCCCCCCCCCCCCCCCC(=O)NC(CCCCCCCCCCCCCCCCC)c1c(OC(=O)OCC)n(C)c2ccccc12. The predicted octanol–water partition coefficient (Wildman–Crippen LogP) is 15.4. The van der Waals surface area contributed by atoms with Gasteiger partial charge in [-0.3, -0.25) is 4.79 Å². The van der Waals surface area contributed by atoms with Crippen LogP contribution in [0.15, 0.2) is 24.3 Å². The van der Waals surface area contributed by atoms with Crippen molar-refractivity contribution in [2.75, 3.05) is 6.61 Å². The average molecular weight is 753 g/mol. The summed E-state index contributed by atoms with van der Waals surface area (Å²) in [6, 6.07) is 7.90. The predicted molar refractivity (Wildman–Crippen MR) is 231 cm³/mol. The van der Waals surface area contributed by atoms with Crippen molar-refractivity contribution in [3.8, 4) is 5.88 Å². The molecule has 54 heavy (non-hydrogen) atoms. The molecule has 0 aliphatic heterocycles. The van der Waals surface area contributed by atoms with Gasteiger partial charge in [0.1, 0.15) is 0 Å². The Morgan fingerprint density at radius 2 is 0.981 bits per heavy atom. The molecule has 1 atom stereocenters. The highest BCUT2D eigenvalue weighted by molar-refractivity contribution is 5.89. The molecule has 1 amide bonds. The number of unbranched alkanes of at least 4 members (excludes halogenated alkanes) is 28. The molecule has 1 unspecified atom stereocenters. The number of aryl methyl sites for hydroxylation is 1. The summed E-state index contributed by atoms with van der Waals surface area (Å²) in [6.07, 6.45) is 40.1. The molecule has 0 aliphatic carbocycles. The van der Waals surface area contributed by atoms with Crippen molar-refractivity contribution in [2.45, 2.75) is 232 Å². The van der Waals surface area contributed by atoms with Gasteiger partial charge in [-0.1, -0.05) is 218 Å². The van der Waals surface area contributed by atoms with Crippen LogP contribution in [0.4, 0.5) is 4.79 Å². The molecule has 1 N–H and O–H groups in total. The fourth-order valence-corrected chi connectivity index (χ4v) is 8.02. The Kier molecular flexibility index (Phi) is 28.9. The maximum atomic E-state index is 13.4. The molecule has 1 aromatic heterocycles. The summed E-state index contributed by atoms with van der Waals surface area (Å²) in [5.74, 6) is 0.554. The highest BCUT2D eigenvalue weighted by Gasteiger charge is 2.27. The van der Waals surface area contributed by atoms with E-state index >= 15 is 0 Å². The first-order valence-electron chi connectivity index (χ1n) is 23.2. The Labute approximate surface area is 332 Å². The van der Waals surface area contributed by atoms with Gasteiger partial charge in [0.15, 0.2) is 0 Å². The molecule has 0 saturated carbocycles. The minimum atomic E-state index is -0.709. The zero-order chi connectivity index (χ0) is 38.9. The summed E-state index contributed by atoms with van der Waals surface area (Å²) in [4.78, 5) is 26.0. The van der Waals surface area contributed by atoms with E-state index in [1.807, 2.05) is 29.8 Å². The Bertz CT molecular complexity index is 1210. The molecular formula is C48H84N2O4. The number of fused-ring (bicyclic) bond motifs is 1. The van der Waals surface area contributed by atoms with Crippen LogP contribution in [-0.4, -0.2) is 23.2 Å². The summed E-state index contributed by atoms with van der Waals surface area (Å²) >= 11 is 0. The van der Waals surface area contributed by atoms with Crippen molar-refractivity contribution in [3.05, 3.63) is 29.8 Å². The lowest BCUT2D eigenvalue weighted by molar-refractivity contribution is -0.122. The first kappa shape index (κ1) is 47.7. The molecule has 1 heterocycles. The lowest BCUT2D eigenvalue weighted by atomic mass is 9.97. The number of hydrogen-bond donors (Lipinski definition) is 1. The van der Waals surface area contributed by atoms with Crippen LogP contribution < -0.4 is 10.1 Å². The minimum absolute atomic E-state index is 0.0886. The van der Waals surface area contributed by atoms with Gasteiger partial charge in [0, 0.05) is 24.4 Å². The van der Waals surface area contributed by atoms with Gasteiger partial charge in [-0.2, -0.15) is 0 Å². The number of aromatic nitrogens is 1. The number of amides is 1. The van der Waals surface area contributed by atoms with E-state index in [0.717, 1.165) is 48.6 Å². The average Bonchev–Trinajstić information content (AvgIpc) is 3.44. The lowest BCUT2D eigenvalue weighted by Crippen LogP contribution is -2.29. The smallest absolute Gasteiger partial charge is 0.434 e. The first-order chi connectivity index (χ1) is 26.5. The molecule has 0 bridgehead atoms. The zero-order valence-electron chi connectivity index (χ0n) is 35.8. The Morgan fingerprint density at radius 1 is 0.574 bits per heavy atom. The highest BCUT2D eigenvalue weighted by atomic mass is 16.7. The van der Waals surface area contributed by atoms with Crippen LogP contribution in [0.5, 0.6) is 5.88 Å². The van der Waals surface area contributed by atoms with E-state index in [0.29, 0.717) is 12.3 Å². The number of ether oxygens (including phenoxy) is 2. The zero-order valence-corrected chi connectivity index (χ0v) is 35.8. The summed E-state index contributed by atoms with van der Waals surface area (Å²) in [5, 5.41) is 4.41. The maximum Gasteiger partial charge on any atom is 0.515 e. The van der Waals surface area contributed by atoms with Gasteiger partial charge in [0.25, 0.3) is 0 Å². The monoisotopic (exact) mass is 753 g/mol. The van der Waals surface area contributed by atoms with Crippen LogP contribution >= 0.6 is 0 Å². The van der Waals surface area contributed by atoms with E-state index < -0.39 is 6.16 Å². The standard InChI is InChI=1S/C48H84N2O4/c1-5-8-10-12-14-16-18-20-22-24-26-28-30-32-34-39-43(46-42-38-36-37-40-44(42)50(4)47(46)54-48(52)53-7-3)49-45(51)41-35-33-31-29-27-25-23-21-19-17-15-13-11-9-6-2/h36-38,40,43H,5-35,39,41H2,1-4H3,(H,49,51). The summed E-state index contributed by atoms with van der Waals surface area (Å²) in [7, 11) is 1.92. The Hall–Kier alpha value is -2.50. The molecule has 2 rings (SSSR count). The molecule has 0 radical (unpaired) electrons. The fraction of sp³-hybridized carbons (Fsp3) is 0.792. The third-order valence-corrected chi connectivity index (χ3v) is 11.3. The maximum absolute atomic E-state index is 13.4. The molecular weight excluding hydrogens is 669 g/mol. The number of benzene rings is 1. The van der Waals surface area contributed by atoms with Crippen LogP contribution in [0.2, 0.25) is 0 Å². The van der Waals surface area contributed by atoms with Gasteiger partial charge in [-0.15, -0.1) is 0 Å². The number of nitrogens with one attached hydrogen (secondary N) is 1. The highest BCUT2D eigenvalue weighted by Crippen LogP contribution is 2.38. The first-order valence-corrected chi connectivity index (χ1v) is 23.2. The number of para-hydroxylation sites is 1. The van der Waals surface area contributed by atoms with Gasteiger partial charge < -0.3 is 19.4 Å². The second-order valence-electron chi connectivity index (χ2n) is 16.1. The Balaban J connectivity index is 1.80. The third-order valence-electron chi connectivity index (χ3n) is 11.3. The quantitative estimate of drug-likeness (QED) is 0.0556. The van der Waals surface area contributed by atoms with Crippen LogP contribution in [0.1, 0.15) is 238 Å². The molecule has 6 nitrogen and oxygen atoms in total. The van der Waals surface area contributed by atoms with Crippen LogP contribution in [0.25, 0.3) is 10.9 Å². The molecule has 2 aromatic rings. The lowest BCUT2D eigenvalue weighted by Gasteiger charge is -2.20. The van der Waals surface area contributed by atoms with Gasteiger partial charge in [0.05, 0.1) is 18.2 Å². The van der Waals surface area contributed by atoms with Gasteiger partial charge >= 0.3 is 6.16 Å². The van der Waals surface area contributed by atoms with Gasteiger partial charge in [-0.05, 0) is 25.8 Å². The summed E-state index contributed by atoms with van der Waals surface area (Å²) in [6.45, 7) is 6.59. The number of rotatable bonds is 36. The van der Waals surface area contributed by atoms with Gasteiger partial charge in [0.2, 0.25) is 11.8 Å². The van der Waals surface area contributed by atoms with Crippen molar-refractivity contribution >= 4 is 23.0 Å². The van der Waals surface area contributed by atoms with E-state index in [1.165, 1.54) is 167 Å². The van der Waals surface area contributed by atoms with Crippen molar-refractivity contribution < 1.29 is 19.1 Å². The molecule has 0 fully saturated rings. The van der Waals surface area contributed by atoms with Gasteiger partial charge in [-0.25, -0.2) is 4.79 Å². The number of carbonyl (C=O) groups is 2. The normalized spacial score (nSPS) is 12.0. The van der Waals surface area contributed by atoms with E-state index in [-0.39, 0.29) is 18.6 Å². The molecule has 1 aromatic carbocycles. The van der Waals surface area contributed by atoms with Crippen LogP contribution in [0.3, 0.4) is 0 Å². The molecule has 6 heteroatoms. The third kappa shape index (κ3) is 21.6. The number of nitrogens with zero attached hydrogens (tertiary/aromatic N) is 1. The van der Waals surface area contributed by atoms with E-state index in [1.54, 1.807) is 6.92 Å². The Morgan fingerprint density at radius 3 is 1.43 bits per heavy atom. The summed E-state index contributed by atoms with van der Waals surface area (Å²) in [5.41, 5.74) is 1.86. The number of hydrogen-bond acceptors (Lipinski definition) is 4. The van der Waals surface area contributed by atoms with E-state index in [4.69, 9.17) is 9.47 Å². The topological polar surface area (TPSA) is 69.6 Å². The molecule has 0 spiro atoms. The molecule has 0 saturated heterocycles. The number of carbonyl (C=O) groups excluding carboxylic acids is 2.